The normalized spacial score (nSPS) is 12.4. The van der Waals surface area contributed by atoms with Crippen LogP contribution in [0.2, 0.25) is 0 Å². The summed E-state index contributed by atoms with van der Waals surface area (Å²) in [6, 6.07) is 0. The molecule has 0 N–H and O–H groups in total. The first kappa shape index (κ1) is 70.1. The van der Waals surface area contributed by atoms with Crippen LogP contribution in [0.1, 0.15) is 329 Å². The number of carbonyl (C=O) groups is 3. The molecule has 0 saturated carbocycles. The number of hydrogen-bond acceptors (Lipinski definition) is 6. The maximum Gasteiger partial charge on any atom is 0.306 e. The number of hydrogen-bond donors (Lipinski definition) is 0. The van der Waals surface area contributed by atoms with Crippen molar-refractivity contribution >= 4 is 17.9 Å². The van der Waals surface area contributed by atoms with E-state index in [-0.39, 0.29) is 31.1 Å². The highest BCUT2D eigenvalue weighted by atomic mass is 16.6. The SMILES string of the molecule is CCC/C=C\C/C=C\CCCCCCCC(=O)OCC(COC(=O)CCCCCCCCCCCC/C=C\C/C=C\C/C=C\CCCCCCC)OC(=O)CCCCCCCCCCCCCCCCCCC. The maximum atomic E-state index is 12.9. The predicted octanol–water partition coefficient (Wildman–Crippen LogP) is 21.6. The van der Waals surface area contributed by atoms with Gasteiger partial charge in [-0.05, 0) is 83.5 Å². The third-order valence-electron chi connectivity index (χ3n) is 14.0. The lowest BCUT2D eigenvalue weighted by Gasteiger charge is -2.18. The summed E-state index contributed by atoms with van der Waals surface area (Å²) in [5.74, 6) is -0.879. The van der Waals surface area contributed by atoms with E-state index in [2.05, 4.69) is 81.5 Å². The van der Waals surface area contributed by atoms with Crippen molar-refractivity contribution in [1.29, 1.82) is 0 Å². The molecule has 0 heterocycles. The van der Waals surface area contributed by atoms with Gasteiger partial charge >= 0.3 is 17.9 Å². The third kappa shape index (κ3) is 59.9. The average molecular weight is 1020 g/mol. The van der Waals surface area contributed by atoms with Crippen molar-refractivity contribution in [3.63, 3.8) is 0 Å². The summed E-state index contributed by atoms with van der Waals surface area (Å²) in [4.78, 5) is 38.3. The second kappa shape index (κ2) is 61.7. The molecule has 6 nitrogen and oxygen atoms in total. The average Bonchev–Trinajstić information content (AvgIpc) is 3.39. The van der Waals surface area contributed by atoms with Gasteiger partial charge in [-0.3, -0.25) is 14.4 Å². The van der Waals surface area contributed by atoms with Crippen molar-refractivity contribution in [1.82, 2.24) is 0 Å². The zero-order valence-corrected chi connectivity index (χ0v) is 48.7. The van der Waals surface area contributed by atoms with E-state index in [1.807, 2.05) is 0 Å². The summed E-state index contributed by atoms with van der Waals surface area (Å²) in [7, 11) is 0. The standard InChI is InChI=1S/C67H120O6/c1-4-7-10-13-16-19-22-25-27-29-30-31-32-33-34-35-36-38-39-42-45-48-51-54-57-60-66(69)72-63-64(62-71-65(68)59-56-53-50-47-44-41-24-21-18-15-12-9-6-3)73-67(70)61-58-55-52-49-46-43-40-37-28-26-23-20-17-14-11-8-5-2/h12,15,21-22,24-25,29-30,32-33,64H,4-11,13-14,16-20,23,26-28,31,34-63H2,1-3H3/b15-12-,24-21-,25-22-,30-29-,33-32-. The molecule has 0 aliphatic heterocycles. The van der Waals surface area contributed by atoms with Gasteiger partial charge in [0.15, 0.2) is 6.10 Å². The van der Waals surface area contributed by atoms with E-state index in [0.29, 0.717) is 19.3 Å². The first-order chi connectivity index (χ1) is 36.0. The summed E-state index contributed by atoms with van der Waals surface area (Å²) >= 11 is 0. The van der Waals surface area contributed by atoms with Crippen LogP contribution in [0.3, 0.4) is 0 Å². The van der Waals surface area contributed by atoms with Crippen molar-refractivity contribution in [3.05, 3.63) is 60.8 Å². The van der Waals surface area contributed by atoms with Crippen LogP contribution in [0.15, 0.2) is 60.8 Å². The Kier molecular flexibility index (Phi) is 59.2. The van der Waals surface area contributed by atoms with Gasteiger partial charge in [-0.15, -0.1) is 0 Å². The van der Waals surface area contributed by atoms with Crippen molar-refractivity contribution in [2.45, 2.75) is 335 Å². The number of rotatable bonds is 58. The number of unbranched alkanes of at least 4 members (excludes halogenated alkanes) is 37. The molecular formula is C67H120O6. The highest BCUT2D eigenvalue weighted by molar-refractivity contribution is 5.71. The summed E-state index contributed by atoms with van der Waals surface area (Å²) < 4.78 is 16.9. The highest BCUT2D eigenvalue weighted by Gasteiger charge is 2.19. The Labute approximate surface area is 453 Å². The summed E-state index contributed by atoms with van der Waals surface area (Å²) in [5.41, 5.74) is 0. The Morgan fingerprint density at radius 1 is 0.274 bits per heavy atom. The second-order valence-electron chi connectivity index (χ2n) is 21.3. The monoisotopic (exact) mass is 1020 g/mol. The van der Waals surface area contributed by atoms with Gasteiger partial charge in [-0.25, -0.2) is 0 Å². The molecule has 424 valence electrons. The Morgan fingerprint density at radius 3 is 0.822 bits per heavy atom. The van der Waals surface area contributed by atoms with Gasteiger partial charge in [-0.1, -0.05) is 287 Å². The van der Waals surface area contributed by atoms with Crippen LogP contribution in [0.5, 0.6) is 0 Å². The molecule has 0 aromatic rings. The Bertz CT molecular complexity index is 1310. The van der Waals surface area contributed by atoms with E-state index >= 15 is 0 Å². The lowest BCUT2D eigenvalue weighted by Crippen LogP contribution is -2.30. The molecule has 0 rings (SSSR count). The largest absolute Gasteiger partial charge is 0.462 e. The molecule has 0 saturated heterocycles. The first-order valence-corrected chi connectivity index (χ1v) is 31.8. The fourth-order valence-corrected chi connectivity index (χ4v) is 9.20. The summed E-state index contributed by atoms with van der Waals surface area (Å²) in [6.07, 6.45) is 77.9. The van der Waals surface area contributed by atoms with E-state index in [9.17, 15) is 14.4 Å². The predicted molar refractivity (Wildman–Crippen MR) is 316 cm³/mol. The molecule has 0 aromatic carbocycles. The zero-order chi connectivity index (χ0) is 52.9. The number of ether oxygens (including phenoxy) is 3. The zero-order valence-electron chi connectivity index (χ0n) is 48.7. The lowest BCUT2D eigenvalue weighted by atomic mass is 10.0. The topological polar surface area (TPSA) is 78.9 Å². The van der Waals surface area contributed by atoms with Gasteiger partial charge in [0.25, 0.3) is 0 Å². The van der Waals surface area contributed by atoms with Gasteiger partial charge in [0, 0.05) is 19.3 Å². The lowest BCUT2D eigenvalue weighted by molar-refractivity contribution is -0.167. The number of carbonyl (C=O) groups excluding carboxylic acids is 3. The van der Waals surface area contributed by atoms with E-state index in [1.54, 1.807) is 0 Å². The van der Waals surface area contributed by atoms with Crippen LogP contribution in [-0.2, 0) is 28.6 Å². The van der Waals surface area contributed by atoms with Crippen LogP contribution in [0.25, 0.3) is 0 Å². The van der Waals surface area contributed by atoms with Gasteiger partial charge in [0.1, 0.15) is 13.2 Å². The van der Waals surface area contributed by atoms with E-state index in [1.165, 1.54) is 193 Å². The molecule has 0 aromatic heterocycles. The van der Waals surface area contributed by atoms with Crippen LogP contribution >= 0.6 is 0 Å². The minimum atomic E-state index is -0.780. The quantitative estimate of drug-likeness (QED) is 0.0261. The van der Waals surface area contributed by atoms with Gasteiger partial charge in [0.05, 0.1) is 0 Å². The first-order valence-electron chi connectivity index (χ1n) is 31.8. The van der Waals surface area contributed by atoms with Gasteiger partial charge in [0.2, 0.25) is 0 Å². The molecule has 0 fully saturated rings. The van der Waals surface area contributed by atoms with E-state index in [4.69, 9.17) is 14.2 Å². The fraction of sp³-hybridized carbons (Fsp3) is 0.806. The molecule has 0 bridgehead atoms. The van der Waals surface area contributed by atoms with Crippen LogP contribution in [-0.4, -0.2) is 37.2 Å². The highest BCUT2D eigenvalue weighted by Crippen LogP contribution is 2.17. The van der Waals surface area contributed by atoms with E-state index < -0.39 is 6.10 Å². The third-order valence-corrected chi connectivity index (χ3v) is 14.0. The molecule has 0 amide bonds. The minimum absolute atomic E-state index is 0.0779. The second-order valence-corrected chi connectivity index (χ2v) is 21.3. The smallest absolute Gasteiger partial charge is 0.306 e. The summed E-state index contributed by atoms with van der Waals surface area (Å²) in [6.45, 7) is 6.59. The minimum Gasteiger partial charge on any atom is -0.462 e. The molecule has 73 heavy (non-hydrogen) atoms. The number of esters is 3. The van der Waals surface area contributed by atoms with Crippen molar-refractivity contribution < 1.29 is 28.6 Å². The molecule has 6 heteroatoms. The van der Waals surface area contributed by atoms with Gasteiger partial charge < -0.3 is 14.2 Å². The van der Waals surface area contributed by atoms with Crippen LogP contribution in [0.4, 0.5) is 0 Å². The van der Waals surface area contributed by atoms with E-state index in [0.717, 1.165) is 96.3 Å². The Balaban J connectivity index is 4.29. The van der Waals surface area contributed by atoms with Crippen LogP contribution < -0.4 is 0 Å². The number of allylic oxidation sites excluding steroid dienone is 10. The Hall–Kier alpha value is -2.89. The molecule has 1 unspecified atom stereocenters. The molecule has 0 spiro atoms. The van der Waals surface area contributed by atoms with Crippen molar-refractivity contribution in [3.8, 4) is 0 Å². The molecule has 0 radical (unpaired) electrons. The van der Waals surface area contributed by atoms with Crippen LogP contribution in [0, 0.1) is 0 Å². The molecule has 0 aliphatic carbocycles. The summed E-state index contributed by atoms with van der Waals surface area (Å²) in [5, 5.41) is 0. The fourth-order valence-electron chi connectivity index (χ4n) is 9.20. The maximum absolute atomic E-state index is 12.9. The van der Waals surface area contributed by atoms with Gasteiger partial charge in [-0.2, -0.15) is 0 Å². The van der Waals surface area contributed by atoms with Crippen molar-refractivity contribution in [2.75, 3.05) is 13.2 Å². The Morgan fingerprint density at radius 2 is 0.521 bits per heavy atom. The molecule has 0 aliphatic rings. The van der Waals surface area contributed by atoms with Crippen molar-refractivity contribution in [2.24, 2.45) is 0 Å². The molecule has 1 atom stereocenters. The molecular weight excluding hydrogens is 901 g/mol.